The third-order valence-corrected chi connectivity index (χ3v) is 4.01. The van der Waals surface area contributed by atoms with Gasteiger partial charge < -0.3 is 10.2 Å². The van der Waals surface area contributed by atoms with E-state index in [-0.39, 0.29) is 11.3 Å². The number of aliphatic carboxylic acids is 2. The van der Waals surface area contributed by atoms with Crippen LogP contribution >= 0.6 is 0 Å². The fourth-order valence-electron chi connectivity index (χ4n) is 1.54. The van der Waals surface area contributed by atoms with Crippen molar-refractivity contribution in [2.75, 3.05) is 0 Å². The van der Waals surface area contributed by atoms with Crippen molar-refractivity contribution in [3.63, 3.8) is 0 Å². The van der Waals surface area contributed by atoms with Crippen molar-refractivity contribution in [3.05, 3.63) is 29.8 Å². The molecule has 1 aromatic carbocycles. The number of carbonyl (C=O) groups is 2. The Kier molecular flexibility index (Phi) is 5.23. The highest BCUT2D eigenvalue weighted by atomic mass is 32.2. The number of carboxylic acids is 2. The van der Waals surface area contributed by atoms with Gasteiger partial charge in [0.2, 0.25) is 10.0 Å². The number of benzene rings is 1. The highest BCUT2D eigenvalue weighted by Gasteiger charge is 2.25. The van der Waals surface area contributed by atoms with Gasteiger partial charge in [-0.3, -0.25) is 9.59 Å². The minimum atomic E-state index is -4.00. The Labute approximate surface area is 116 Å². The van der Waals surface area contributed by atoms with Gasteiger partial charge in [-0.25, -0.2) is 8.42 Å². The number of nitrogens with one attached hydrogen (secondary N) is 1. The summed E-state index contributed by atoms with van der Waals surface area (Å²) >= 11 is 0. The van der Waals surface area contributed by atoms with Crippen molar-refractivity contribution in [1.29, 1.82) is 0 Å². The maximum absolute atomic E-state index is 12.0. The van der Waals surface area contributed by atoms with Crippen LogP contribution in [0.25, 0.3) is 0 Å². The summed E-state index contributed by atoms with van der Waals surface area (Å²) in [5, 5.41) is 17.5. The zero-order valence-corrected chi connectivity index (χ0v) is 11.6. The van der Waals surface area contributed by atoms with Gasteiger partial charge in [0.1, 0.15) is 6.04 Å². The van der Waals surface area contributed by atoms with E-state index in [0.717, 1.165) is 0 Å². The summed E-state index contributed by atoms with van der Waals surface area (Å²) in [7, 11) is -4.00. The average molecular weight is 301 g/mol. The zero-order valence-electron chi connectivity index (χ0n) is 10.7. The van der Waals surface area contributed by atoms with Crippen LogP contribution in [0.1, 0.15) is 18.4 Å². The van der Waals surface area contributed by atoms with Gasteiger partial charge in [0, 0.05) is 6.42 Å². The highest BCUT2D eigenvalue weighted by molar-refractivity contribution is 7.89. The normalized spacial score (nSPS) is 12.8. The molecule has 0 aromatic heterocycles. The fraction of sp³-hybridized carbons (Fsp3) is 0.333. The van der Waals surface area contributed by atoms with Crippen molar-refractivity contribution in [2.45, 2.75) is 30.7 Å². The minimum absolute atomic E-state index is 0.0564. The zero-order chi connectivity index (χ0) is 15.3. The fourth-order valence-corrected chi connectivity index (χ4v) is 2.87. The number of carboxylic acid groups (broad SMARTS) is 2. The van der Waals surface area contributed by atoms with Gasteiger partial charge in [-0.2, -0.15) is 4.72 Å². The quantitative estimate of drug-likeness (QED) is 0.678. The number of rotatable bonds is 7. The van der Waals surface area contributed by atoms with Gasteiger partial charge in [-0.1, -0.05) is 12.1 Å². The molecule has 0 bridgehead atoms. The van der Waals surface area contributed by atoms with E-state index in [9.17, 15) is 18.0 Å². The van der Waals surface area contributed by atoms with Crippen LogP contribution in [0.2, 0.25) is 0 Å². The monoisotopic (exact) mass is 301 g/mol. The second-order valence-corrected chi connectivity index (χ2v) is 5.98. The molecule has 0 spiro atoms. The first kappa shape index (κ1) is 16.1. The number of hydrogen-bond donors (Lipinski definition) is 3. The van der Waals surface area contributed by atoms with Crippen molar-refractivity contribution < 1.29 is 28.2 Å². The van der Waals surface area contributed by atoms with Gasteiger partial charge in [0.15, 0.2) is 0 Å². The molecule has 0 radical (unpaired) electrons. The van der Waals surface area contributed by atoms with Crippen molar-refractivity contribution in [2.24, 2.45) is 0 Å². The van der Waals surface area contributed by atoms with Gasteiger partial charge in [-0.05, 0) is 31.0 Å². The lowest BCUT2D eigenvalue weighted by atomic mass is 10.2. The van der Waals surface area contributed by atoms with Crippen LogP contribution in [0.3, 0.4) is 0 Å². The molecule has 0 amide bonds. The Morgan fingerprint density at radius 1 is 1.30 bits per heavy atom. The van der Waals surface area contributed by atoms with E-state index in [0.29, 0.717) is 5.56 Å². The van der Waals surface area contributed by atoms with Crippen LogP contribution in [-0.2, 0) is 19.6 Å². The number of hydrogen-bond acceptors (Lipinski definition) is 4. The molecule has 0 aliphatic heterocycles. The molecule has 20 heavy (non-hydrogen) atoms. The first-order valence-corrected chi connectivity index (χ1v) is 7.24. The average Bonchev–Trinajstić information content (AvgIpc) is 2.34. The molecule has 0 saturated carbocycles. The molecule has 0 fully saturated rings. The summed E-state index contributed by atoms with van der Waals surface area (Å²) in [6.45, 7) is 1.71. The predicted molar refractivity (Wildman–Crippen MR) is 69.8 cm³/mol. The van der Waals surface area contributed by atoms with Gasteiger partial charge in [0.25, 0.3) is 0 Å². The Morgan fingerprint density at radius 3 is 2.45 bits per heavy atom. The Morgan fingerprint density at radius 2 is 1.95 bits per heavy atom. The lowest BCUT2D eigenvalue weighted by Gasteiger charge is -2.14. The smallest absolute Gasteiger partial charge is 0.321 e. The lowest BCUT2D eigenvalue weighted by molar-refractivity contribution is -0.140. The summed E-state index contributed by atoms with van der Waals surface area (Å²) in [5.74, 6) is -2.60. The molecule has 0 aliphatic carbocycles. The largest absolute Gasteiger partial charge is 0.481 e. The molecule has 1 atom stereocenters. The van der Waals surface area contributed by atoms with Crippen molar-refractivity contribution in [1.82, 2.24) is 4.72 Å². The highest BCUT2D eigenvalue weighted by Crippen LogP contribution is 2.12. The molecule has 110 valence electrons. The van der Waals surface area contributed by atoms with E-state index in [1.165, 1.54) is 18.2 Å². The summed E-state index contributed by atoms with van der Waals surface area (Å²) in [6.07, 6.45) is -0.761. The SMILES string of the molecule is Cc1cccc(S(=O)(=O)N[C@@H](CCC(=O)O)C(=O)O)c1. The molecule has 0 unspecified atom stereocenters. The second-order valence-electron chi connectivity index (χ2n) is 4.26. The van der Waals surface area contributed by atoms with Crippen LogP contribution in [0.5, 0.6) is 0 Å². The first-order chi connectivity index (χ1) is 9.22. The molecule has 3 N–H and O–H groups in total. The summed E-state index contributed by atoms with van der Waals surface area (Å²) in [5.41, 5.74) is 0.713. The summed E-state index contributed by atoms with van der Waals surface area (Å²) in [4.78, 5) is 21.3. The molecule has 0 heterocycles. The van der Waals surface area contributed by atoms with Gasteiger partial charge in [0.05, 0.1) is 4.90 Å². The molecule has 0 aliphatic rings. The van der Waals surface area contributed by atoms with Crippen LogP contribution in [-0.4, -0.2) is 36.6 Å². The molecule has 0 saturated heterocycles. The maximum atomic E-state index is 12.0. The van der Waals surface area contributed by atoms with E-state index in [1.807, 2.05) is 4.72 Å². The Bertz CT molecular complexity index is 610. The standard InChI is InChI=1S/C12H15NO6S/c1-8-3-2-4-9(7-8)20(18,19)13-10(12(16)17)5-6-11(14)15/h2-4,7,10,13H,5-6H2,1H3,(H,14,15)(H,16,17)/t10-/m0/s1. The lowest BCUT2D eigenvalue weighted by Crippen LogP contribution is -2.41. The van der Waals surface area contributed by atoms with E-state index < -0.39 is 34.4 Å². The third-order valence-electron chi connectivity index (χ3n) is 2.54. The van der Waals surface area contributed by atoms with E-state index in [2.05, 4.69) is 0 Å². The molecule has 8 heteroatoms. The predicted octanol–water partition coefficient (Wildman–Crippen LogP) is 0.591. The van der Waals surface area contributed by atoms with Gasteiger partial charge in [-0.15, -0.1) is 0 Å². The Balaban J connectivity index is 2.91. The molecule has 1 rings (SSSR count). The van der Waals surface area contributed by atoms with Crippen molar-refractivity contribution in [3.8, 4) is 0 Å². The third kappa shape index (κ3) is 4.63. The van der Waals surface area contributed by atoms with Crippen LogP contribution < -0.4 is 4.72 Å². The molecule has 1 aromatic rings. The summed E-state index contributed by atoms with van der Waals surface area (Å²) < 4.78 is 26.0. The van der Waals surface area contributed by atoms with Crippen LogP contribution in [0, 0.1) is 6.92 Å². The maximum Gasteiger partial charge on any atom is 0.321 e. The first-order valence-electron chi connectivity index (χ1n) is 5.76. The van der Waals surface area contributed by atoms with E-state index in [4.69, 9.17) is 10.2 Å². The minimum Gasteiger partial charge on any atom is -0.481 e. The topological polar surface area (TPSA) is 121 Å². The number of sulfonamides is 1. The number of aryl methyl sites for hydroxylation is 1. The van der Waals surface area contributed by atoms with Crippen LogP contribution in [0.15, 0.2) is 29.2 Å². The second kappa shape index (κ2) is 6.49. The molecular weight excluding hydrogens is 286 g/mol. The molecular formula is C12H15NO6S. The van der Waals surface area contributed by atoms with E-state index in [1.54, 1.807) is 13.0 Å². The van der Waals surface area contributed by atoms with E-state index >= 15 is 0 Å². The Hall–Kier alpha value is -1.93. The van der Waals surface area contributed by atoms with Crippen LogP contribution in [0.4, 0.5) is 0 Å². The molecule has 7 nitrogen and oxygen atoms in total. The summed E-state index contributed by atoms with van der Waals surface area (Å²) in [6, 6.07) is 4.51. The van der Waals surface area contributed by atoms with Crippen molar-refractivity contribution >= 4 is 22.0 Å². The van der Waals surface area contributed by atoms with Gasteiger partial charge >= 0.3 is 11.9 Å².